The van der Waals surface area contributed by atoms with Crippen LogP contribution in [0, 0.1) is 0 Å². The number of carboxylic acid groups (broad SMARTS) is 1. The van der Waals surface area contributed by atoms with Crippen molar-refractivity contribution in [1.82, 2.24) is 0 Å². The van der Waals surface area contributed by atoms with E-state index in [9.17, 15) is 4.79 Å². The van der Waals surface area contributed by atoms with Crippen molar-refractivity contribution < 1.29 is 14.6 Å². The van der Waals surface area contributed by atoms with Crippen molar-refractivity contribution in [2.45, 2.75) is 29.9 Å². The number of halogens is 2. The maximum atomic E-state index is 10.7. The third-order valence-electron chi connectivity index (χ3n) is 2.65. The molecule has 0 aromatic heterocycles. The molecule has 1 N–H and O–H groups in total. The van der Waals surface area contributed by atoms with Crippen LogP contribution in [0.2, 0.25) is 10.0 Å². The molecular weight excluding hydrogens is 295 g/mol. The van der Waals surface area contributed by atoms with Crippen LogP contribution in [-0.2, 0) is 9.53 Å². The Balaban J connectivity index is 1.87. The fourth-order valence-corrected chi connectivity index (χ4v) is 3.51. The Morgan fingerprint density at radius 3 is 2.56 bits per heavy atom. The van der Waals surface area contributed by atoms with Gasteiger partial charge in [-0.25, -0.2) is 4.79 Å². The molecule has 0 aliphatic carbocycles. The smallest absolute Gasteiger partial charge is 0.332 e. The van der Waals surface area contributed by atoms with Gasteiger partial charge in [-0.3, -0.25) is 0 Å². The zero-order valence-corrected chi connectivity index (χ0v) is 11.8. The van der Waals surface area contributed by atoms with Gasteiger partial charge in [-0.15, -0.1) is 11.8 Å². The summed E-state index contributed by atoms with van der Waals surface area (Å²) in [6, 6.07) is 5.35. The first-order valence-corrected chi connectivity index (χ1v) is 7.26. The fourth-order valence-electron chi connectivity index (χ4n) is 1.81. The Morgan fingerprint density at radius 1 is 1.33 bits per heavy atom. The summed E-state index contributed by atoms with van der Waals surface area (Å²) >= 11 is 13.4. The molecule has 0 bridgehead atoms. The van der Waals surface area contributed by atoms with E-state index >= 15 is 0 Å². The van der Waals surface area contributed by atoms with Crippen LogP contribution >= 0.6 is 35.0 Å². The van der Waals surface area contributed by atoms with Crippen LogP contribution in [0.1, 0.15) is 12.8 Å². The van der Waals surface area contributed by atoms with E-state index in [0.717, 1.165) is 11.3 Å². The zero-order chi connectivity index (χ0) is 13.1. The van der Waals surface area contributed by atoms with Gasteiger partial charge in [0.05, 0.1) is 6.10 Å². The molecule has 1 aliphatic rings. The SMILES string of the molecule is O=C(O)C1CCC(CSc2cc(Cl)cc(Cl)c2)O1. The Kier molecular flexibility index (Phi) is 4.78. The van der Waals surface area contributed by atoms with Gasteiger partial charge in [-0.1, -0.05) is 23.2 Å². The number of benzene rings is 1. The number of rotatable bonds is 4. The number of aliphatic carboxylic acids is 1. The molecule has 2 unspecified atom stereocenters. The van der Waals surface area contributed by atoms with Crippen LogP contribution < -0.4 is 0 Å². The molecule has 6 heteroatoms. The molecule has 2 atom stereocenters. The third kappa shape index (κ3) is 3.79. The van der Waals surface area contributed by atoms with Crippen molar-refractivity contribution in [1.29, 1.82) is 0 Å². The molecule has 18 heavy (non-hydrogen) atoms. The van der Waals surface area contributed by atoms with Gasteiger partial charge in [-0.2, -0.15) is 0 Å². The van der Waals surface area contributed by atoms with Crippen LogP contribution in [0.4, 0.5) is 0 Å². The molecule has 1 heterocycles. The van der Waals surface area contributed by atoms with Crippen LogP contribution in [-0.4, -0.2) is 29.0 Å². The Labute approximate surface area is 119 Å². The molecule has 98 valence electrons. The second kappa shape index (κ2) is 6.15. The zero-order valence-electron chi connectivity index (χ0n) is 9.44. The summed E-state index contributed by atoms with van der Waals surface area (Å²) in [6.45, 7) is 0. The number of carbonyl (C=O) groups is 1. The van der Waals surface area contributed by atoms with E-state index in [0.29, 0.717) is 22.2 Å². The maximum Gasteiger partial charge on any atom is 0.332 e. The fraction of sp³-hybridized carbons (Fsp3) is 0.417. The molecule has 1 aromatic rings. The standard InChI is InChI=1S/C12H12Cl2O3S/c13-7-3-8(14)5-10(4-7)18-6-9-1-2-11(17-9)12(15)16/h3-5,9,11H,1-2,6H2,(H,15,16). The van der Waals surface area contributed by atoms with E-state index in [1.807, 2.05) is 12.1 Å². The van der Waals surface area contributed by atoms with Crippen molar-refractivity contribution in [2.24, 2.45) is 0 Å². The lowest BCUT2D eigenvalue weighted by Gasteiger charge is -2.11. The Hall–Kier alpha value is -0.420. The summed E-state index contributed by atoms with van der Waals surface area (Å²) in [7, 11) is 0. The van der Waals surface area contributed by atoms with Crippen LogP contribution in [0.3, 0.4) is 0 Å². The number of thioether (sulfide) groups is 1. The first kappa shape index (κ1) is 14.0. The summed E-state index contributed by atoms with van der Waals surface area (Å²) in [5.41, 5.74) is 0. The van der Waals surface area contributed by atoms with Crippen LogP contribution in [0.15, 0.2) is 23.1 Å². The number of hydrogen-bond acceptors (Lipinski definition) is 3. The van der Waals surface area contributed by atoms with Crippen molar-refractivity contribution in [3.63, 3.8) is 0 Å². The van der Waals surface area contributed by atoms with Gasteiger partial charge in [0, 0.05) is 20.7 Å². The largest absolute Gasteiger partial charge is 0.479 e. The van der Waals surface area contributed by atoms with Gasteiger partial charge in [-0.05, 0) is 31.0 Å². The first-order chi connectivity index (χ1) is 8.54. The van der Waals surface area contributed by atoms with E-state index in [1.54, 1.807) is 17.8 Å². The lowest BCUT2D eigenvalue weighted by atomic mass is 10.2. The first-order valence-electron chi connectivity index (χ1n) is 5.52. The normalized spacial score (nSPS) is 23.2. The predicted molar refractivity (Wildman–Crippen MR) is 72.7 cm³/mol. The highest BCUT2D eigenvalue weighted by atomic mass is 35.5. The minimum absolute atomic E-state index is 0.0196. The lowest BCUT2D eigenvalue weighted by Crippen LogP contribution is -2.21. The Bertz CT molecular complexity index is 433. The molecule has 0 saturated carbocycles. The van der Waals surface area contributed by atoms with Crippen LogP contribution in [0.25, 0.3) is 0 Å². The average Bonchev–Trinajstić information content (AvgIpc) is 2.73. The van der Waals surface area contributed by atoms with E-state index in [2.05, 4.69) is 0 Å². The van der Waals surface area contributed by atoms with Gasteiger partial charge >= 0.3 is 5.97 Å². The number of ether oxygens (including phenoxy) is 1. The molecule has 1 saturated heterocycles. The number of carboxylic acids is 1. The highest BCUT2D eigenvalue weighted by Crippen LogP contribution is 2.30. The topological polar surface area (TPSA) is 46.5 Å². The van der Waals surface area contributed by atoms with E-state index in [1.165, 1.54) is 0 Å². The summed E-state index contributed by atoms with van der Waals surface area (Å²) < 4.78 is 5.42. The maximum absolute atomic E-state index is 10.7. The van der Waals surface area contributed by atoms with Crippen LogP contribution in [0.5, 0.6) is 0 Å². The van der Waals surface area contributed by atoms with E-state index in [4.69, 9.17) is 33.0 Å². The molecule has 1 aliphatic heterocycles. The molecule has 0 radical (unpaired) electrons. The molecule has 2 rings (SSSR count). The minimum atomic E-state index is -0.881. The van der Waals surface area contributed by atoms with Gasteiger partial charge in [0.15, 0.2) is 6.10 Å². The lowest BCUT2D eigenvalue weighted by molar-refractivity contribution is -0.148. The highest BCUT2D eigenvalue weighted by Gasteiger charge is 2.30. The molecule has 1 aromatic carbocycles. The van der Waals surface area contributed by atoms with Crippen molar-refractivity contribution in [3.05, 3.63) is 28.2 Å². The van der Waals surface area contributed by atoms with Crippen molar-refractivity contribution >= 4 is 40.9 Å². The van der Waals surface area contributed by atoms with Crippen molar-refractivity contribution in [2.75, 3.05) is 5.75 Å². The average molecular weight is 307 g/mol. The van der Waals surface area contributed by atoms with E-state index in [-0.39, 0.29) is 6.10 Å². The number of hydrogen-bond donors (Lipinski definition) is 1. The molecule has 3 nitrogen and oxygen atoms in total. The van der Waals surface area contributed by atoms with Gasteiger partial charge in [0.1, 0.15) is 0 Å². The second-order valence-electron chi connectivity index (χ2n) is 4.08. The third-order valence-corrected chi connectivity index (χ3v) is 4.20. The summed E-state index contributed by atoms with van der Waals surface area (Å²) in [5, 5.41) is 10.0. The quantitative estimate of drug-likeness (QED) is 0.861. The second-order valence-corrected chi connectivity index (χ2v) is 6.04. The van der Waals surface area contributed by atoms with Gasteiger partial charge in [0.2, 0.25) is 0 Å². The van der Waals surface area contributed by atoms with Crippen molar-refractivity contribution in [3.8, 4) is 0 Å². The summed E-state index contributed by atoms with van der Waals surface area (Å²) in [6.07, 6.45) is 0.683. The molecule has 0 spiro atoms. The highest BCUT2D eigenvalue weighted by molar-refractivity contribution is 7.99. The predicted octanol–water partition coefficient (Wildman–Crippen LogP) is 3.72. The summed E-state index contributed by atoms with van der Waals surface area (Å²) in [5.74, 6) is -0.172. The monoisotopic (exact) mass is 306 g/mol. The Morgan fingerprint density at radius 2 is 2.00 bits per heavy atom. The van der Waals surface area contributed by atoms with Gasteiger partial charge in [0.25, 0.3) is 0 Å². The minimum Gasteiger partial charge on any atom is -0.479 e. The van der Waals surface area contributed by atoms with E-state index < -0.39 is 12.1 Å². The summed E-state index contributed by atoms with van der Waals surface area (Å²) in [4.78, 5) is 11.7. The molecule has 0 amide bonds. The molecular formula is C12H12Cl2O3S. The van der Waals surface area contributed by atoms with Gasteiger partial charge < -0.3 is 9.84 Å². The molecule has 1 fully saturated rings.